The summed E-state index contributed by atoms with van der Waals surface area (Å²) in [7, 11) is 3.58. The molecular formula is C10H21N5. The summed E-state index contributed by atoms with van der Waals surface area (Å²) in [5.41, 5.74) is 5.84. The number of guanidine groups is 2. The molecule has 5 nitrogen and oxygen atoms in total. The van der Waals surface area contributed by atoms with Gasteiger partial charge in [-0.2, -0.15) is 4.99 Å². The molecule has 1 heterocycles. The lowest BCUT2D eigenvalue weighted by Gasteiger charge is -2.31. The number of nitrogens with one attached hydrogen (secondary N) is 1. The van der Waals surface area contributed by atoms with E-state index in [2.05, 4.69) is 16.8 Å². The van der Waals surface area contributed by atoms with Crippen LogP contribution in [0.15, 0.2) is 4.99 Å². The molecule has 0 aliphatic carbocycles. The van der Waals surface area contributed by atoms with Gasteiger partial charge in [0.25, 0.3) is 0 Å². The first-order valence-corrected chi connectivity index (χ1v) is 5.35. The van der Waals surface area contributed by atoms with E-state index in [-0.39, 0.29) is 5.96 Å². The summed E-state index contributed by atoms with van der Waals surface area (Å²) in [5.74, 6) is 1.45. The van der Waals surface area contributed by atoms with Crippen LogP contribution in [0, 0.1) is 11.3 Å². The van der Waals surface area contributed by atoms with Crippen LogP contribution in [0.25, 0.3) is 0 Å². The van der Waals surface area contributed by atoms with Gasteiger partial charge >= 0.3 is 0 Å². The average Bonchev–Trinajstić information content (AvgIpc) is 2.18. The van der Waals surface area contributed by atoms with Crippen LogP contribution in [0.3, 0.4) is 0 Å². The lowest BCUT2D eigenvalue weighted by atomic mass is 10.00. The quantitative estimate of drug-likeness (QED) is 0.453. The fourth-order valence-corrected chi connectivity index (χ4v) is 1.52. The molecule has 1 aliphatic rings. The number of hydrogen-bond acceptors (Lipinski definition) is 1. The lowest BCUT2D eigenvalue weighted by Crippen LogP contribution is -2.43. The van der Waals surface area contributed by atoms with E-state index in [9.17, 15) is 0 Å². The van der Waals surface area contributed by atoms with Crippen LogP contribution < -0.4 is 5.73 Å². The van der Waals surface area contributed by atoms with Gasteiger partial charge in [-0.25, -0.2) is 0 Å². The van der Waals surface area contributed by atoms with Crippen LogP contribution >= 0.6 is 0 Å². The van der Waals surface area contributed by atoms with Crippen LogP contribution in [0.4, 0.5) is 0 Å². The standard InChI is InChI=1S/C10H21N5/c1-8-4-6-15(7-5-8)10(12)13-9(11)14(2)3/h8H,4-7H2,1-3H3,(H3,11,12,13). The minimum atomic E-state index is 0.200. The molecule has 0 aromatic rings. The van der Waals surface area contributed by atoms with Crippen molar-refractivity contribution in [2.75, 3.05) is 27.2 Å². The summed E-state index contributed by atoms with van der Waals surface area (Å²) in [5, 5.41) is 7.56. The molecule has 0 unspecified atom stereocenters. The van der Waals surface area contributed by atoms with Crippen LogP contribution in [0.2, 0.25) is 0 Å². The fourth-order valence-electron chi connectivity index (χ4n) is 1.52. The first-order chi connectivity index (χ1) is 7.00. The van der Waals surface area contributed by atoms with Gasteiger partial charge in [-0.3, -0.25) is 5.41 Å². The number of nitrogens with zero attached hydrogens (tertiary/aromatic N) is 3. The Bertz CT molecular complexity index is 251. The molecular weight excluding hydrogens is 190 g/mol. The summed E-state index contributed by atoms with van der Waals surface area (Å²) in [4.78, 5) is 7.75. The predicted octanol–water partition coefficient (Wildman–Crippen LogP) is 0.529. The van der Waals surface area contributed by atoms with E-state index in [1.807, 2.05) is 0 Å². The fraction of sp³-hybridized carbons (Fsp3) is 0.800. The molecule has 0 radical (unpaired) electrons. The molecule has 0 aromatic carbocycles. The first-order valence-electron chi connectivity index (χ1n) is 5.35. The molecule has 15 heavy (non-hydrogen) atoms. The highest BCUT2D eigenvalue weighted by Crippen LogP contribution is 2.15. The Hall–Kier alpha value is -1.26. The van der Waals surface area contributed by atoms with Crippen molar-refractivity contribution in [1.29, 1.82) is 5.41 Å². The molecule has 1 saturated heterocycles. The van der Waals surface area contributed by atoms with Crippen molar-refractivity contribution >= 4 is 11.9 Å². The SMILES string of the molecule is CC1CCN(C(N)=NC(=N)N(C)C)CC1. The first kappa shape index (κ1) is 11.8. The van der Waals surface area contributed by atoms with Crippen molar-refractivity contribution in [2.24, 2.45) is 16.6 Å². The van der Waals surface area contributed by atoms with Crippen molar-refractivity contribution in [3.63, 3.8) is 0 Å². The van der Waals surface area contributed by atoms with Crippen LogP contribution in [-0.4, -0.2) is 48.9 Å². The van der Waals surface area contributed by atoms with Crippen LogP contribution in [-0.2, 0) is 0 Å². The Kier molecular flexibility index (Phi) is 3.94. The van der Waals surface area contributed by atoms with E-state index < -0.39 is 0 Å². The maximum absolute atomic E-state index is 7.56. The Balaban J connectivity index is 2.53. The minimum absolute atomic E-state index is 0.200. The summed E-state index contributed by atoms with van der Waals surface area (Å²) < 4.78 is 0. The van der Waals surface area contributed by atoms with Crippen LogP contribution in [0.1, 0.15) is 19.8 Å². The molecule has 5 heteroatoms. The Labute approximate surface area is 91.5 Å². The third-order valence-corrected chi connectivity index (χ3v) is 2.75. The highest BCUT2D eigenvalue weighted by molar-refractivity contribution is 5.92. The van der Waals surface area contributed by atoms with Crippen molar-refractivity contribution in [1.82, 2.24) is 9.80 Å². The van der Waals surface area contributed by atoms with Crippen molar-refractivity contribution < 1.29 is 0 Å². The number of likely N-dealkylation sites (tertiary alicyclic amines) is 1. The van der Waals surface area contributed by atoms with Gasteiger partial charge in [0, 0.05) is 27.2 Å². The second-order valence-electron chi connectivity index (χ2n) is 4.36. The van der Waals surface area contributed by atoms with Gasteiger partial charge in [0.15, 0.2) is 5.96 Å². The zero-order valence-electron chi connectivity index (χ0n) is 9.82. The maximum atomic E-state index is 7.56. The summed E-state index contributed by atoms with van der Waals surface area (Å²) in [6.07, 6.45) is 2.32. The highest BCUT2D eigenvalue weighted by atomic mass is 15.3. The molecule has 1 fully saturated rings. The van der Waals surface area contributed by atoms with E-state index in [0.29, 0.717) is 5.96 Å². The Morgan fingerprint density at radius 3 is 2.40 bits per heavy atom. The van der Waals surface area contributed by atoms with Gasteiger partial charge < -0.3 is 15.5 Å². The van der Waals surface area contributed by atoms with E-state index >= 15 is 0 Å². The normalized spacial score (nSPS) is 19.1. The van der Waals surface area contributed by atoms with E-state index in [4.69, 9.17) is 11.1 Å². The average molecular weight is 211 g/mol. The maximum Gasteiger partial charge on any atom is 0.220 e. The number of nitrogens with two attached hydrogens (primary N) is 1. The van der Waals surface area contributed by atoms with Crippen molar-refractivity contribution in [3.05, 3.63) is 0 Å². The molecule has 0 saturated carbocycles. The zero-order valence-corrected chi connectivity index (χ0v) is 9.82. The molecule has 0 atom stereocenters. The van der Waals surface area contributed by atoms with E-state index in [1.54, 1.807) is 19.0 Å². The minimum Gasteiger partial charge on any atom is -0.369 e. The van der Waals surface area contributed by atoms with Gasteiger partial charge in [-0.1, -0.05) is 6.92 Å². The Morgan fingerprint density at radius 2 is 1.93 bits per heavy atom. The molecule has 0 aromatic heterocycles. The molecule has 1 rings (SSSR count). The Morgan fingerprint density at radius 1 is 1.40 bits per heavy atom. The smallest absolute Gasteiger partial charge is 0.220 e. The molecule has 0 bridgehead atoms. The lowest BCUT2D eigenvalue weighted by molar-refractivity contribution is 0.278. The van der Waals surface area contributed by atoms with Crippen molar-refractivity contribution in [3.8, 4) is 0 Å². The zero-order chi connectivity index (χ0) is 11.4. The second-order valence-corrected chi connectivity index (χ2v) is 4.36. The molecule has 3 N–H and O–H groups in total. The second kappa shape index (κ2) is 5.00. The summed E-state index contributed by atoms with van der Waals surface area (Å²) in [6, 6.07) is 0. The number of hydrogen-bond donors (Lipinski definition) is 2. The van der Waals surface area contributed by atoms with E-state index in [1.165, 1.54) is 0 Å². The molecule has 0 spiro atoms. The summed E-state index contributed by atoms with van der Waals surface area (Å²) in [6.45, 7) is 4.17. The molecule has 1 aliphatic heterocycles. The van der Waals surface area contributed by atoms with Gasteiger partial charge in [0.1, 0.15) is 0 Å². The van der Waals surface area contributed by atoms with Gasteiger partial charge in [0.05, 0.1) is 0 Å². The van der Waals surface area contributed by atoms with Gasteiger partial charge in [-0.15, -0.1) is 0 Å². The number of piperidine rings is 1. The van der Waals surface area contributed by atoms with Crippen molar-refractivity contribution in [2.45, 2.75) is 19.8 Å². The predicted molar refractivity (Wildman–Crippen MR) is 63.0 cm³/mol. The third kappa shape index (κ3) is 3.42. The van der Waals surface area contributed by atoms with Gasteiger partial charge in [0.2, 0.25) is 5.96 Å². The van der Waals surface area contributed by atoms with E-state index in [0.717, 1.165) is 31.8 Å². The molecule has 0 amide bonds. The number of rotatable bonds is 0. The number of aliphatic imine (C=N–C) groups is 1. The third-order valence-electron chi connectivity index (χ3n) is 2.75. The van der Waals surface area contributed by atoms with Crippen LogP contribution in [0.5, 0.6) is 0 Å². The monoisotopic (exact) mass is 211 g/mol. The summed E-state index contributed by atoms with van der Waals surface area (Å²) >= 11 is 0. The molecule has 86 valence electrons. The topological polar surface area (TPSA) is 68.7 Å². The largest absolute Gasteiger partial charge is 0.369 e. The van der Waals surface area contributed by atoms with Gasteiger partial charge in [-0.05, 0) is 18.8 Å². The highest BCUT2D eigenvalue weighted by Gasteiger charge is 2.17.